The van der Waals surface area contributed by atoms with E-state index in [0.29, 0.717) is 18.4 Å². The summed E-state index contributed by atoms with van der Waals surface area (Å²) in [5, 5.41) is 0. The van der Waals surface area contributed by atoms with Crippen molar-refractivity contribution in [2.24, 2.45) is 23.5 Å². The van der Waals surface area contributed by atoms with Gasteiger partial charge in [-0.2, -0.15) is 0 Å². The summed E-state index contributed by atoms with van der Waals surface area (Å²) in [6.07, 6.45) is 3.72. The van der Waals surface area contributed by atoms with Crippen LogP contribution in [0.4, 0.5) is 0 Å². The molecule has 0 aromatic rings. The molecule has 1 heterocycles. The summed E-state index contributed by atoms with van der Waals surface area (Å²) in [5.41, 5.74) is 5.89. The monoisotopic (exact) mass is 265 g/mol. The molecule has 19 heavy (non-hydrogen) atoms. The molecule has 1 aliphatic heterocycles. The molecular weight excluding hydrogens is 238 g/mol. The number of hydrogen-bond acceptors (Lipinski definition) is 3. The maximum absolute atomic E-state index is 12.5. The van der Waals surface area contributed by atoms with Gasteiger partial charge in [0, 0.05) is 44.2 Å². The SMILES string of the molecule is CC(C)(CN)N1CCN(C(=O)C2CC3CC3C2)CC1. The van der Waals surface area contributed by atoms with E-state index in [1.54, 1.807) is 0 Å². The highest BCUT2D eigenvalue weighted by atomic mass is 16.2. The van der Waals surface area contributed by atoms with E-state index in [9.17, 15) is 4.79 Å². The highest BCUT2D eigenvalue weighted by Crippen LogP contribution is 2.54. The van der Waals surface area contributed by atoms with E-state index in [1.165, 1.54) is 6.42 Å². The summed E-state index contributed by atoms with van der Waals surface area (Å²) in [5.74, 6) is 2.56. The van der Waals surface area contributed by atoms with Crippen LogP contribution in [0.3, 0.4) is 0 Å². The number of piperazine rings is 1. The molecule has 0 radical (unpaired) electrons. The van der Waals surface area contributed by atoms with Crippen molar-refractivity contribution in [3.05, 3.63) is 0 Å². The Hall–Kier alpha value is -0.610. The van der Waals surface area contributed by atoms with E-state index in [-0.39, 0.29) is 5.54 Å². The van der Waals surface area contributed by atoms with Gasteiger partial charge in [0.15, 0.2) is 0 Å². The average Bonchev–Trinajstić information content (AvgIpc) is 3.04. The lowest BCUT2D eigenvalue weighted by molar-refractivity contribution is -0.138. The fraction of sp³-hybridized carbons (Fsp3) is 0.933. The zero-order valence-corrected chi connectivity index (χ0v) is 12.3. The summed E-state index contributed by atoms with van der Waals surface area (Å²) in [7, 11) is 0. The van der Waals surface area contributed by atoms with Gasteiger partial charge in [0.1, 0.15) is 0 Å². The Morgan fingerprint density at radius 3 is 2.21 bits per heavy atom. The predicted octanol–water partition coefficient (Wildman–Crippen LogP) is 0.914. The van der Waals surface area contributed by atoms with E-state index < -0.39 is 0 Å². The Morgan fingerprint density at radius 2 is 1.68 bits per heavy atom. The molecule has 1 amide bonds. The molecule has 4 heteroatoms. The minimum Gasteiger partial charge on any atom is -0.340 e. The first-order valence-electron chi connectivity index (χ1n) is 7.75. The van der Waals surface area contributed by atoms with Crippen LogP contribution in [0, 0.1) is 17.8 Å². The molecular formula is C15H27N3O. The highest BCUT2D eigenvalue weighted by molar-refractivity contribution is 5.79. The van der Waals surface area contributed by atoms with Gasteiger partial charge < -0.3 is 10.6 Å². The Bertz CT molecular complexity index is 350. The first kappa shape index (κ1) is 13.4. The third kappa shape index (κ3) is 2.52. The summed E-state index contributed by atoms with van der Waals surface area (Å²) < 4.78 is 0. The normalized spacial score (nSPS) is 35.3. The Kier molecular flexibility index (Phi) is 3.34. The van der Waals surface area contributed by atoms with Crippen molar-refractivity contribution in [1.29, 1.82) is 0 Å². The molecule has 3 rings (SSSR count). The number of carbonyl (C=O) groups is 1. The lowest BCUT2D eigenvalue weighted by Crippen LogP contribution is -2.58. The lowest BCUT2D eigenvalue weighted by atomic mass is 9.99. The summed E-state index contributed by atoms with van der Waals surface area (Å²) in [4.78, 5) is 17.0. The summed E-state index contributed by atoms with van der Waals surface area (Å²) >= 11 is 0. The maximum Gasteiger partial charge on any atom is 0.225 e. The Balaban J connectivity index is 1.51. The van der Waals surface area contributed by atoms with Crippen molar-refractivity contribution in [2.45, 2.75) is 38.6 Å². The molecule has 2 saturated carbocycles. The standard InChI is InChI=1S/C15H27N3O/c1-15(2,10-16)18-5-3-17(4-6-18)14(19)13-8-11-7-12(11)9-13/h11-13H,3-10,16H2,1-2H3. The van der Waals surface area contributed by atoms with Gasteiger partial charge in [-0.3, -0.25) is 9.69 Å². The van der Waals surface area contributed by atoms with Crippen molar-refractivity contribution in [1.82, 2.24) is 9.80 Å². The molecule has 0 spiro atoms. The largest absolute Gasteiger partial charge is 0.340 e. The first-order chi connectivity index (χ1) is 9.01. The number of amides is 1. The zero-order chi connectivity index (χ0) is 13.6. The third-order valence-electron chi connectivity index (χ3n) is 5.54. The molecule has 0 bridgehead atoms. The van der Waals surface area contributed by atoms with Crippen LogP contribution in [0.25, 0.3) is 0 Å². The number of hydrogen-bond donors (Lipinski definition) is 1. The van der Waals surface area contributed by atoms with Gasteiger partial charge in [-0.15, -0.1) is 0 Å². The summed E-state index contributed by atoms with van der Waals surface area (Å²) in [6, 6.07) is 0. The number of rotatable bonds is 3. The molecule has 2 atom stereocenters. The molecule has 1 saturated heterocycles. The van der Waals surface area contributed by atoms with Gasteiger partial charge in [-0.1, -0.05) is 0 Å². The third-order valence-corrected chi connectivity index (χ3v) is 5.54. The minimum atomic E-state index is 0.0596. The van der Waals surface area contributed by atoms with Crippen LogP contribution in [0.2, 0.25) is 0 Å². The fourth-order valence-corrected chi connectivity index (χ4v) is 3.84. The van der Waals surface area contributed by atoms with E-state index in [4.69, 9.17) is 5.73 Å². The van der Waals surface area contributed by atoms with Crippen LogP contribution in [-0.2, 0) is 4.79 Å². The molecule has 2 aliphatic carbocycles. The van der Waals surface area contributed by atoms with Gasteiger partial charge in [0.25, 0.3) is 0 Å². The molecule has 0 aromatic heterocycles. The minimum absolute atomic E-state index is 0.0596. The van der Waals surface area contributed by atoms with E-state index >= 15 is 0 Å². The lowest BCUT2D eigenvalue weighted by Gasteiger charge is -2.44. The van der Waals surface area contributed by atoms with Crippen LogP contribution in [0.1, 0.15) is 33.1 Å². The number of nitrogens with zero attached hydrogens (tertiary/aromatic N) is 2. The quantitative estimate of drug-likeness (QED) is 0.825. The van der Waals surface area contributed by atoms with Gasteiger partial charge in [-0.25, -0.2) is 0 Å². The van der Waals surface area contributed by atoms with Crippen molar-refractivity contribution >= 4 is 5.91 Å². The topological polar surface area (TPSA) is 49.6 Å². The fourth-order valence-electron chi connectivity index (χ4n) is 3.84. The smallest absolute Gasteiger partial charge is 0.225 e. The molecule has 2 unspecified atom stereocenters. The average molecular weight is 265 g/mol. The predicted molar refractivity (Wildman–Crippen MR) is 75.6 cm³/mol. The van der Waals surface area contributed by atoms with Gasteiger partial charge in [-0.05, 0) is 44.9 Å². The highest BCUT2D eigenvalue weighted by Gasteiger charge is 2.49. The van der Waals surface area contributed by atoms with Crippen LogP contribution in [-0.4, -0.2) is 54.0 Å². The second kappa shape index (κ2) is 4.74. The number of nitrogens with two attached hydrogens (primary N) is 1. The zero-order valence-electron chi connectivity index (χ0n) is 12.3. The number of carbonyl (C=O) groups excluding carboxylic acids is 1. The van der Waals surface area contributed by atoms with Crippen LogP contribution in [0.15, 0.2) is 0 Å². The molecule has 108 valence electrons. The molecule has 2 N–H and O–H groups in total. The molecule has 4 nitrogen and oxygen atoms in total. The van der Waals surface area contributed by atoms with Crippen molar-refractivity contribution in [3.63, 3.8) is 0 Å². The second-order valence-corrected chi connectivity index (χ2v) is 7.25. The molecule has 3 fully saturated rings. The van der Waals surface area contributed by atoms with E-state index in [1.807, 2.05) is 0 Å². The summed E-state index contributed by atoms with van der Waals surface area (Å²) in [6.45, 7) is 8.75. The molecule has 3 aliphatic rings. The maximum atomic E-state index is 12.5. The van der Waals surface area contributed by atoms with Crippen molar-refractivity contribution in [2.75, 3.05) is 32.7 Å². The van der Waals surface area contributed by atoms with Gasteiger partial charge in [0.2, 0.25) is 5.91 Å². The van der Waals surface area contributed by atoms with Crippen LogP contribution >= 0.6 is 0 Å². The Morgan fingerprint density at radius 1 is 1.11 bits per heavy atom. The Labute approximate surface area is 116 Å². The van der Waals surface area contributed by atoms with Gasteiger partial charge in [0.05, 0.1) is 0 Å². The van der Waals surface area contributed by atoms with Crippen molar-refractivity contribution < 1.29 is 4.79 Å². The van der Waals surface area contributed by atoms with Gasteiger partial charge >= 0.3 is 0 Å². The first-order valence-corrected chi connectivity index (χ1v) is 7.75. The van der Waals surface area contributed by atoms with Crippen molar-refractivity contribution in [3.8, 4) is 0 Å². The second-order valence-electron chi connectivity index (χ2n) is 7.25. The van der Waals surface area contributed by atoms with Crippen LogP contribution in [0.5, 0.6) is 0 Å². The van der Waals surface area contributed by atoms with Crippen LogP contribution < -0.4 is 5.73 Å². The van der Waals surface area contributed by atoms with E-state index in [0.717, 1.165) is 50.9 Å². The van der Waals surface area contributed by atoms with E-state index in [2.05, 4.69) is 23.6 Å². The molecule has 0 aromatic carbocycles. The number of fused-ring (bicyclic) bond motifs is 1.